The van der Waals surface area contributed by atoms with Gasteiger partial charge < -0.3 is 28.5 Å². The van der Waals surface area contributed by atoms with Gasteiger partial charge in [-0.15, -0.1) is 0 Å². The van der Waals surface area contributed by atoms with Crippen molar-refractivity contribution in [2.24, 2.45) is 0 Å². The van der Waals surface area contributed by atoms with Crippen LogP contribution in [-0.4, -0.2) is 87.4 Å². The molecule has 0 aliphatic carbocycles. The molecule has 0 saturated carbocycles. The number of aliphatic carboxylic acids is 1. The van der Waals surface area contributed by atoms with E-state index in [1.54, 1.807) is 0 Å². The molecule has 0 bridgehead atoms. The molecule has 0 radical (unpaired) electrons. The van der Waals surface area contributed by atoms with Crippen LogP contribution in [0.3, 0.4) is 0 Å². The van der Waals surface area contributed by atoms with Gasteiger partial charge in [0.2, 0.25) is 0 Å². The van der Waals surface area contributed by atoms with Crippen LogP contribution >= 0.6 is 0 Å². The quantitative estimate of drug-likeness (QED) is 0.0278. The van der Waals surface area contributed by atoms with E-state index in [4.69, 9.17) is 18.9 Å². The highest BCUT2D eigenvalue weighted by atomic mass is 16.7. The van der Waals surface area contributed by atoms with Crippen LogP contribution in [-0.2, 0) is 33.3 Å². The number of carboxylic acid groups (broad SMARTS) is 1. The standard InChI is InChI=1S/C97H191NO8/c1-6-8-10-12-14-16-18-20-22-24-26-28-30-32-34-36-38-40-42-44-46-48-50-52-54-56-58-60-62-64-66-68-70-72-74-76-78-80-82-84-86-88-95(100)106-93(92-105-97(96(101)102)103-90-89-98(3,4)5)91-104-94(99)87-85-83-81-79-77-75-73-71-69-67-65-63-61-59-57-55-53-51-49-47-45-43-41-39-37-35-33-31-29-27-25-23-21-19-17-15-13-11-9-7-2/h93,97H,6-92H2,1-5H3/p+1. The van der Waals surface area contributed by atoms with Crippen LogP contribution in [0.15, 0.2) is 0 Å². The number of rotatable bonds is 94. The fraction of sp³-hybridized carbons (Fsp3) is 0.969. The Kier molecular flexibility index (Phi) is 87.4. The molecule has 0 aromatic rings. The topological polar surface area (TPSA) is 108 Å². The van der Waals surface area contributed by atoms with E-state index in [1.807, 2.05) is 21.1 Å². The van der Waals surface area contributed by atoms with Gasteiger partial charge in [-0.1, -0.05) is 521 Å². The number of carboxylic acids is 1. The minimum Gasteiger partial charge on any atom is -0.477 e. The normalized spacial score (nSPS) is 12.4. The lowest BCUT2D eigenvalue weighted by molar-refractivity contribution is -0.870. The van der Waals surface area contributed by atoms with E-state index in [-0.39, 0.29) is 38.2 Å². The van der Waals surface area contributed by atoms with Crippen LogP contribution in [0.1, 0.15) is 547 Å². The third-order valence-corrected chi connectivity index (χ3v) is 23.1. The van der Waals surface area contributed by atoms with Crippen molar-refractivity contribution in [2.45, 2.75) is 559 Å². The Morgan fingerprint density at radius 1 is 0.245 bits per heavy atom. The van der Waals surface area contributed by atoms with E-state index >= 15 is 0 Å². The number of hydrogen-bond acceptors (Lipinski definition) is 7. The molecule has 0 spiro atoms. The van der Waals surface area contributed by atoms with E-state index in [9.17, 15) is 19.5 Å². The zero-order valence-electron chi connectivity index (χ0n) is 72.9. The first-order valence-electron chi connectivity index (χ1n) is 48.7. The van der Waals surface area contributed by atoms with Crippen molar-refractivity contribution in [2.75, 3.05) is 47.5 Å². The van der Waals surface area contributed by atoms with Gasteiger partial charge in [-0.25, -0.2) is 4.79 Å². The van der Waals surface area contributed by atoms with E-state index in [1.165, 1.54) is 482 Å². The fourth-order valence-electron chi connectivity index (χ4n) is 15.7. The molecular weight excluding hydrogens is 1310 g/mol. The lowest BCUT2D eigenvalue weighted by Crippen LogP contribution is -2.40. The van der Waals surface area contributed by atoms with Crippen molar-refractivity contribution >= 4 is 17.9 Å². The van der Waals surface area contributed by atoms with Crippen molar-refractivity contribution in [3.63, 3.8) is 0 Å². The van der Waals surface area contributed by atoms with Crippen molar-refractivity contribution in [3.8, 4) is 0 Å². The van der Waals surface area contributed by atoms with Crippen molar-refractivity contribution in [1.82, 2.24) is 0 Å². The summed E-state index contributed by atoms with van der Waals surface area (Å²) in [6.07, 6.45) is 111. The molecular formula is C97H192NO8+. The average molecular weight is 1500 g/mol. The first kappa shape index (κ1) is 104. The van der Waals surface area contributed by atoms with Gasteiger partial charge in [-0.05, 0) is 12.8 Å². The fourth-order valence-corrected chi connectivity index (χ4v) is 15.7. The predicted octanol–water partition coefficient (Wildman–Crippen LogP) is 32.0. The van der Waals surface area contributed by atoms with Crippen molar-refractivity contribution in [1.29, 1.82) is 0 Å². The maximum Gasteiger partial charge on any atom is 0.361 e. The summed E-state index contributed by atoms with van der Waals surface area (Å²) in [7, 11) is 6.02. The SMILES string of the molecule is CCCCCCCCCCCCCCCCCCCCCCCCCCCCCCCCCCCCCCCCCCCC(=O)OC(COC(=O)CCCCCCCCCCCCCCCCCCCCCCCCCCCCCCCCCCCCCCCCCC)COC(OCC[N+](C)(C)C)C(=O)O. The van der Waals surface area contributed by atoms with E-state index < -0.39 is 18.4 Å². The monoisotopic (exact) mass is 1500 g/mol. The van der Waals surface area contributed by atoms with Gasteiger partial charge in [-0.3, -0.25) is 9.59 Å². The van der Waals surface area contributed by atoms with Gasteiger partial charge >= 0.3 is 17.9 Å². The molecule has 0 aliphatic heterocycles. The Morgan fingerprint density at radius 2 is 0.425 bits per heavy atom. The summed E-state index contributed by atoms with van der Waals surface area (Å²) >= 11 is 0. The molecule has 0 rings (SSSR count). The smallest absolute Gasteiger partial charge is 0.361 e. The number of ether oxygens (including phenoxy) is 4. The van der Waals surface area contributed by atoms with Crippen LogP contribution in [0.25, 0.3) is 0 Å². The molecule has 0 fully saturated rings. The zero-order chi connectivity index (χ0) is 76.7. The molecule has 9 nitrogen and oxygen atoms in total. The Hall–Kier alpha value is -1.71. The molecule has 2 unspecified atom stereocenters. The molecule has 0 amide bonds. The van der Waals surface area contributed by atoms with Gasteiger partial charge in [0.05, 0.1) is 34.4 Å². The molecule has 9 heteroatoms. The van der Waals surface area contributed by atoms with E-state index in [0.717, 1.165) is 38.5 Å². The van der Waals surface area contributed by atoms with E-state index in [2.05, 4.69) is 13.8 Å². The summed E-state index contributed by atoms with van der Waals surface area (Å²) in [5.41, 5.74) is 0. The Bertz CT molecular complexity index is 1700. The highest BCUT2D eigenvalue weighted by molar-refractivity contribution is 5.71. The minimum atomic E-state index is -1.51. The number of hydrogen-bond donors (Lipinski definition) is 1. The van der Waals surface area contributed by atoms with Gasteiger partial charge in [-0.2, -0.15) is 0 Å². The second kappa shape index (κ2) is 88.8. The molecule has 1 N–H and O–H groups in total. The van der Waals surface area contributed by atoms with Crippen LogP contribution in [0.4, 0.5) is 0 Å². The third kappa shape index (κ3) is 89.5. The summed E-state index contributed by atoms with van der Waals surface area (Å²) in [4.78, 5) is 37.9. The molecule has 0 saturated heterocycles. The van der Waals surface area contributed by atoms with Crippen molar-refractivity contribution < 1.29 is 42.9 Å². The highest BCUT2D eigenvalue weighted by Gasteiger charge is 2.25. The first-order chi connectivity index (χ1) is 52.1. The van der Waals surface area contributed by atoms with E-state index in [0.29, 0.717) is 17.4 Å². The second-order valence-corrected chi connectivity index (χ2v) is 35.1. The summed E-state index contributed by atoms with van der Waals surface area (Å²) in [5, 5.41) is 9.80. The highest BCUT2D eigenvalue weighted by Crippen LogP contribution is 2.23. The molecule has 106 heavy (non-hydrogen) atoms. The number of carbonyl (C=O) groups is 3. The molecule has 0 aromatic heterocycles. The van der Waals surface area contributed by atoms with Crippen LogP contribution in [0.5, 0.6) is 0 Å². The molecule has 2 atom stereocenters. The van der Waals surface area contributed by atoms with Gasteiger partial charge in [0.15, 0.2) is 6.10 Å². The van der Waals surface area contributed by atoms with Crippen LogP contribution < -0.4 is 0 Å². The van der Waals surface area contributed by atoms with Gasteiger partial charge in [0, 0.05) is 12.8 Å². The number of esters is 2. The minimum absolute atomic E-state index is 0.171. The Balaban J connectivity index is 3.82. The Labute approximate surface area is 663 Å². The molecule has 0 heterocycles. The zero-order valence-corrected chi connectivity index (χ0v) is 72.9. The largest absolute Gasteiger partial charge is 0.477 e. The molecule has 0 aliphatic rings. The first-order valence-corrected chi connectivity index (χ1v) is 48.7. The van der Waals surface area contributed by atoms with Crippen LogP contribution in [0.2, 0.25) is 0 Å². The maximum atomic E-state index is 13.0. The third-order valence-electron chi connectivity index (χ3n) is 23.1. The summed E-state index contributed by atoms with van der Waals surface area (Å²) in [5.74, 6) is -1.96. The molecule has 0 aromatic carbocycles. The summed E-state index contributed by atoms with van der Waals surface area (Å²) in [6, 6.07) is 0. The van der Waals surface area contributed by atoms with Gasteiger partial charge in [0.25, 0.3) is 6.29 Å². The molecule has 632 valence electrons. The second-order valence-electron chi connectivity index (χ2n) is 35.1. The summed E-state index contributed by atoms with van der Waals surface area (Å²) < 4.78 is 23.1. The Morgan fingerprint density at radius 3 is 0.604 bits per heavy atom. The van der Waals surface area contributed by atoms with Crippen molar-refractivity contribution in [3.05, 3.63) is 0 Å². The predicted molar refractivity (Wildman–Crippen MR) is 462 cm³/mol. The lowest BCUT2D eigenvalue weighted by atomic mass is 10.0. The van der Waals surface area contributed by atoms with Crippen LogP contribution in [0, 0.1) is 0 Å². The number of quaternary nitrogens is 1. The summed E-state index contributed by atoms with van der Waals surface area (Å²) in [6.45, 7) is 5.00. The number of carbonyl (C=O) groups excluding carboxylic acids is 2. The number of nitrogens with zero attached hydrogens (tertiary/aromatic N) is 1. The maximum absolute atomic E-state index is 13.0. The van der Waals surface area contributed by atoms with Gasteiger partial charge in [0.1, 0.15) is 13.2 Å². The average Bonchev–Trinajstić information content (AvgIpc) is 0.935. The lowest BCUT2D eigenvalue weighted by Gasteiger charge is -2.25. The number of likely N-dealkylation sites (N-methyl/N-ethyl adjacent to an activating group) is 1. The number of unbranched alkanes of at least 4 members (excludes halogenated alkanes) is 79.